The summed E-state index contributed by atoms with van der Waals surface area (Å²) in [6.45, 7) is 7.95. The van der Waals surface area contributed by atoms with Crippen molar-refractivity contribution in [2.45, 2.75) is 64.2 Å². The Kier molecular flexibility index (Phi) is 9.05. The number of carbonyl (C=O) groups excluding carboxylic acids is 3. The van der Waals surface area contributed by atoms with Crippen LogP contribution in [0, 0.1) is 5.92 Å². The fraction of sp³-hybridized carbons (Fsp3) is 0.654. The van der Waals surface area contributed by atoms with Crippen molar-refractivity contribution < 1.29 is 38.1 Å². The molecule has 0 atom stereocenters. The molecule has 1 aromatic carbocycles. The van der Waals surface area contributed by atoms with Crippen LogP contribution in [-0.4, -0.2) is 81.6 Å². The van der Waals surface area contributed by atoms with Gasteiger partial charge in [-0.05, 0) is 65.0 Å². The van der Waals surface area contributed by atoms with Gasteiger partial charge in [-0.25, -0.2) is 14.4 Å². The number of nitrogens with zero attached hydrogens (tertiary/aromatic N) is 1. The van der Waals surface area contributed by atoms with Crippen molar-refractivity contribution >= 4 is 18.0 Å². The van der Waals surface area contributed by atoms with Gasteiger partial charge in [0.1, 0.15) is 28.8 Å². The van der Waals surface area contributed by atoms with Gasteiger partial charge in [0.25, 0.3) is 0 Å². The highest BCUT2D eigenvalue weighted by Crippen LogP contribution is 2.33. The third kappa shape index (κ3) is 7.02. The van der Waals surface area contributed by atoms with Crippen LogP contribution in [0.25, 0.3) is 0 Å². The molecule has 10 heteroatoms. The van der Waals surface area contributed by atoms with Crippen LogP contribution in [0.5, 0.6) is 11.5 Å². The predicted octanol–water partition coefficient (Wildman–Crippen LogP) is 3.41. The van der Waals surface area contributed by atoms with Gasteiger partial charge in [0.15, 0.2) is 0 Å². The van der Waals surface area contributed by atoms with Gasteiger partial charge in [0.05, 0.1) is 26.9 Å². The Bertz CT molecular complexity index is 944. The zero-order valence-corrected chi connectivity index (χ0v) is 22.0. The molecule has 1 aliphatic heterocycles. The minimum absolute atomic E-state index is 0.00469. The number of rotatable bonds is 8. The SMILES string of the molecule is COC(=O)c1cc(OC2CC(NCC3CCN(C(=O)OC(C)(C)C)CC3)C2)cc(OC)c1C(=O)OC. The highest BCUT2D eigenvalue weighted by molar-refractivity contribution is 6.05. The van der Waals surface area contributed by atoms with Crippen molar-refractivity contribution in [2.24, 2.45) is 5.92 Å². The van der Waals surface area contributed by atoms with E-state index in [9.17, 15) is 14.4 Å². The first-order chi connectivity index (χ1) is 17.0. The number of esters is 2. The summed E-state index contributed by atoms with van der Waals surface area (Å²) in [6, 6.07) is 3.41. The first-order valence-corrected chi connectivity index (χ1v) is 12.3. The van der Waals surface area contributed by atoms with Crippen LogP contribution in [0.1, 0.15) is 67.2 Å². The monoisotopic (exact) mass is 506 g/mol. The van der Waals surface area contributed by atoms with Gasteiger partial charge in [-0.2, -0.15) is 0 Å². The Labute approximate surface area is 212 Å². The minimum atomic E-state index is -0.691. The second kappa shape index (κ2) is 11.8. The highest BCUT2D eigenvalue weighted by Gasteiger charge is 2.33. The van der Waals surface area contributed by atoms with E-state index in [0.29, 0.717) is 30.8 Å². The Hall–Kier alpha value is -3.01. The first-order valence-electron chi connectivity index (χ1n) is 12.3. The molecule has 0 aromatic heterocycles. The van der Waals surface area contributed by atoms with Gasteiger partial charge < -0.3 is 33.9 Å². The van der Waals surface area contributed by atoms with Crippen molar-refractivity contribution in [3.05, 3.63) is 23.3 Å². The van der Waals surface area contributed by atoms with Crippen LogP contribution in [0.2, 0.25) is 0 Å². The van der Waals surface area contributed by atoms with E-state index >= 15 is 0 Å². The number of amides is 1. The molecular weight excluding hydrogens is 468 g/mol. The molecule has 0 radical (unpaired) electrons. The van der Waals surface area contributed by atoms with E-state index in [1.807, 2.05) is 20.8 Å². The van der Waals surface area contributed by atoms with Gasteiger partial charge in [0, 0.05) is 25.2 Å². The van der Waals surface area contributed by atoms with Crippen molar-refractivity contribution in [3.8, 4) is 11.5 Å². The molecule has 200 valence electrons. The molecule has 1 aromatic rings. The maximum absolute atomic E-state index is 12.3. The summed E-state index contributed by atoms with van der Waals surface area (Å²) < 4.78 is 26.5. The summed E-state index contributed by atoms with van der Waals surface area (Å²) in [5, 5.41) is 3.61. The van der Waals surface area contributed by atoms with E-state index in [-0.39, 0.29) is 29.1 Å². The maximum Gasteiger partial charge on any atom is 0.410 e. The molecule has 0 unspecified atom stereocenters. The highest BCUT2D eigenvalue weighted by atomic mass is 16.6. The van der Waals surface area contributed by atoms with Gasteiger partial charge in [-0.3, -0.25) is 0 Å². The zero-order chi connectivity index (χ0) is 26.5. The number of ether oxygens (including phenoxy) is 5. The summed E-state index contributed by atoms with van der Waals surface area (Å²) >= 11 is 0. The molecule has 1 saturated carbocycles. The fourth-order valence-electron chi connectivity index (χ4n) is 4.40. The molecule has 0 bridgehead atoms. The van der Waals surface area contributed by atoms with E-state index in [1.165, 1.54) is 27.4 Å². The van der Waals surface area contributed by atoms with Crippen LogP contribution >= 0.6 is 0 Å². The van der Waals surface area contributed by atoms with Gasteiger partial charge in [-0.15, -0.1) is 0 Å². The zero-order valence-electron chi connectivity index (χ0n) is 22.0. The lowest BCUT2D eigenvalue weighted by Crippen LogP contribution is -2.49. The summed E-state index contributed by atoms with van der Waals surface area (Å²) in [4.78, 5) is 38.5. The molecule has 3 rings (SSSR count). The molecule has 36 heavy (non-hydrogen) atoms. The average Bonchev–Trinajstić information content (AvgIpc) is 2.82. The van der Waals surface area contributed by atoms with Crippen molar-refractivity contribution in [1.82, 2.24) is 10.2 Å². The van der Waals surface area contributed by atoms with E-state index < -0.39 is 17.5 Å². The van der Waals surface area contributed by atoms with E-state index in [1.54, 1.807) is 11.0 Å². The van der Waals surface area contributed by atoms with Crippen LogP contribution in [0.15, 0.2) is 12.1 Å². The van der Waals surface area contributed by atoms with Crippen molar-refractivity contribution in [2.75, 3.05) is 41.0 Å². The maximum atomic E-state index is 12.3. The first kappa shape index (κ1) is 27.6. The predicted molar refractivity (Wildman–Crippen MR) is 132 cm³/mol. The third-order valence-electron chi connectivity index (χ3n) is 6.45. The number of nitrogens with one attached hydrogen (secondary N) is 1. The number of hydrogen-bond acceptors (Lipinski definition) is 9. The average molecular weight is 507 g/mol. The molecule has 2 aliphatic rings. The topological polar surface area (TPSA) is 113 Å². The number of benzene rings is 1. The summed E-state index contributed by atoms with van der Waals surface area (Å²) in [5.41, 5.74) is -0.441. The molecule has 0 spiro atoms. The second-order valence-electron chi connectivity index (χ2n) is 10.3. The molecule has 10 nitrogen and oxygen atoms in total. The van der Waals surface area contributed by atoms with Crippen molar-refractivity contribution in [3.63, 3.8) is 0 Å². The largest absolute Gasteiger partial charge is 0.496 e. The number of likely N-dealkylation sites (tertiary alicyclic amines) is 1. The van der Waals surface area contributed by atoms with E-state index in [2.05, 4.69) is 5.32 Å². The van der Waals surface area contributed by atoms with Gasteiger partial charge in [0.2, 0.25) is 0 Å². The van der Waals surface area contributed by atoms with E-state index in [0.717, 1.165) is 32.2 Å². The lowest BCUT2D eigenvalue weighted by molar-refractivity contribution is 0.0177. The smallest absolute Gasteiger partial charge is 0.410 e. The number of methoxy groups -OCH3 is 3. The molecule has 1 saturated heterocycles. The van der Waals surface area contributed by atoms with Crippen LogP contribution in [-0.2, 0) is 14.2 Å². The van der Waals surface area contributed by atoms with Crippen LogP contribution in [0.4, 0.5) is 4.79 Å². The Morgan fingerprint density at radius 3 is 2.19 bits per heavy atom. The molecule has 1 aliphatic carbocycles. The summed E-state index contributed by atoms with van der Waals surface area (Å²) in [5.74, 6) is -0.237. The van der Waals surface area contributed by atoms with Crippen molar-refractivity contribution in [1.29, 1.82) is 0 Å². The van der Waals surface area contributed by atoms with Gasteiger partial charge >= 0.3 is 18.0 Å². The number of piperidine rings is 1. The summed E-state index contributed by atoms with van der Waals surface area (Å²) in [7, 11) is 3.89. The van der Waals surface area contributed by atoms with Crippen LogP contribution < -0.4 is 14.8 Å². The third-order valence-corrected chi connectivity index (χ3v) is 6.45. The Balaban J connectivity index is 1.47. The lowest BCUT2D eigenvalue weighted by atomic mass is 9.88. The molecule has 1 N–H and O–H groups in total. The molecule has 1 heterocycles. The van der Waals surface area contributed by atoms with E-state index in [4.69, 9.17) is 23.7 Å². The number of carbonyl (C=O) groups is 3. The Morgan fingerprint density at radius 1 is 1.00 bits per heavy atom. The lowest BCUT2D eigenvalue weighted by Gasteiger charge is -2.38. The minimum Gasteiger partial charge on any atom is -0.496 e. The Morgan fingerprint density at radius 2 is 1.64 bits per heavy atom. The molecular formula is C26H38N2O8. The quantitative estimate of drug-likeness (QED) is 0.419. The molecule has 2 fully saturated rings. The molecule has 1 amide bonds. The standard InChI is InChI=1S/C26H38N2O8/c1-26(2,3)36-25(31)28-9-7-16(8-10-28)15-27-17-11-18(12-17)35-19-13-20(23(29)33-5)22(24(30)34-6)21(14-19)32-4/h13-14,16-18,27H,7-12,15H2,1-6H3. The fourth-order valence-corrected chi connectivity index (χ4v) is 4.40. The normalized spacial score (nSPS) is 20.2. The van der Waals surface area contributed by atoms with Gasteiger partial charge in [-0.1, -0.05) is 0 Å². The number of hydrogen-bond donors (Lipinski definition) is 1. The summed E-state index contributed by atoms with van der Waals surface area (Å²) in [6.07, 6.45) is 3.29. The second-order valence-corrected chi connectivity index (χ2v) is 10.3. The van der Waals surface area contributed by atoms with Crippen LogP contribution in [0.3, 0.4) is 0 Å².